The van der Waals surface area contributed by atoms with Gasteiger partial charge in [0.1, 0.15) is 10.5 Å². The summed E-state index contributed by atoms with van der Waals surface area (Å²) in [5.41, 5.74) is -0.703. The number of rotatable bonds is 7. The minimum atomic E-state index is -3.93. The van der Waals surface area contributed by atoms with Crippen LogP contribution in [0.4, 0.5) is 11.4 Å². The minimum Gasteiger partial charge on any atom is -0.493 e. The minimum absolute atomic E-state index is 0.0217. The first-order chi connectivity index (χ1) is 15.2. The average Bonchev–Trinajstić information content (AvgIpc) is 2.79. The molecule has 2 aromatic carbocycles. The number of nitro benzene ring substituents is 1. The predicted molar refractivity (Wildman–Crippen MR) is 115 cm³/mol. The summed E-state index contributed by atoms with van der Waals surface area (Å²) in [7, 11) is -1.29. The highest BCUT2D eigenvalue weighted by Gasteiger charge is 2.29. The Labute approximate surface area is 189 Å². The fraction of sp³-hybridized carbons (Fsp3) is 0.316. The first-order valence-electron chi connectivity index (χ1n) is 9.28. The number of nitrogens with zero attached hydrogens (tertiary/aromatic N) is 2. The van der Waals surface area contributed by atoms with Gasteiger partial charge in [0.2, 0.25) is 10.0 Å². The van der Waals surface area contributed by atoms with Crippen LogP contribution in [0.2, 0.25) is 5.02 Å². The Kier molecular flexibility index (Phi) is 7.19. The van der Waals surface area contributed by atoms with Gasteiger partial charge in [-0.3, -0.25) is 14.9 Å². The number of amides is 1. The molecule has 0 atom stereocenters. The van der Waals surface area contributed by atoms with E-state index in [0.717, 1.165) is 6.07 Å². The summed E-state index contributed by atoms with van der Waals surface area (Å²) < 4.78 is 42.5. The third-order valence-electron chi connectivity index (χ3n) is 4.72. The zero-order valence-corrected chi connectivity index (χ0v) is 18.7. The molecule has 3 rings (SSSR count). The second kappa shape index (κ2) is 9.69. The number of hydrogen-bond donors (Lipinski definition) is 1. The molecule has 0 bridgehead atoms. The Morgan fingerprint density at radius 1 is 1.16 bits per heavy atom. The molecule has 0 spiro atoms. The lowest BCUT2D eigenvalue weighted by molar-refractivity contribution is -0.385. The van der Waals surface area contributed by atoms with Crippen LogP contribution in [0.3, 0.4) is 0 Å². The fourth-order valence-corrected chi connectivity index (χ4v) is 5.01. The predicted octanol–water partition coefficient (Wildman–Crippen LogP) is 2.54. The third-order valence-corrected chi connectivity index (χ3v) is 7.10. The van der Waals surface area contributed by atoms with Gasteiger partial charge in [-0.1, -0.05) is 11.6 Å². The van der Waals surface area contributed by atoms with Crippen LogP contribution in [0.5, 0.6) is 11.5 Å². The average molecular weight is 486 g/mol. The number of methoxy groups -OCH3 is 2. The number of halogens is 1. The zero-order chi connectivity index (χ0) is 23.5. The topological polar surface area (TPSA) is 137 Å². The van der Waals surface area contributed by atoms with Gasteiger partial charge in [-0.05, 0) is 18.2 Å². The van der Waals surface area contributed by atoms with Crippen molar-refractivity contribution in [3.05, 3.63) is 51.0 Å². The number of nitrogens with one attached hydrogen (secondary N) is 1. The Hall–Kier alpha value is -2.93. The summed E-state index contributed by atoms with van der Waals surface area (Å²) in [5.74, 6) is -0.634. The van der Waals surface area contributed by atoms with E-state index in [0.29, 0.717) is 0 Å². The van der Waals surface area contributed by atoms with Crippen LogP contribution >= 0.6 is 11.6 Å². The van der Waals surface area contributed by atoms with Crippen molar-refractivity contribution in [2.24, 2.45) is 0 Å². The van der Waals surface area contributed by atoms with Crippen molar-refractivity contribution in [3.63, 3.8) is 0 Å². The second-order valence-corrected chi connectivity index (χ2v) is 8.91. The van der Waals surface area contributed by atoms with Gasteiger partial charge in [0.15, 0.2) is 11.5 Å². The molecule has 32 heavy (non-hydrogen) atoms. The smallest absolute Gasteiger partial charge is 0.286 e. The van der Waals surface area contributed by atoms with E-state index in [1.165, 1.54) is 42.8 Å². The highest BCUT2D eigenvalue weighted by Crippen LogP contribution is 2.35. The van der Waals surface area contributed by atoms with Gasteiger partial charge in [0.05, 0.1) is 43.4 Å². The molecule has 11 nitrogen and oxygen atoms in total. The summed E-state index contributed by atoms with van der Waals surface area (Å²) in [6.07, 6.45) is 0. The normalized spacial score (nSPS) is 14.6. The van der Waals surface area contributed by atoms with Gasteiger partial charge >= 0.3 is 0 Å². The number of morpholine rings is 1. The molecule has 1 N–H and O–H groups in total. The first kappa shape index (κ1) is 23.7. The maximum absolute atomic E-state index is 13.0. The van der Waals surface area contributed by atoms with Crippen molar-refractivity contribution in [2.75, 3.05) is 45.8 Å². The molecule has 1 aliphatic heterocycles. The molecule has 0 saturated carbocycles. The number of carbonyl (C=O) groups is 1. The van der Waals surface area contributed by atoms with E-state index in [1.54, 1.807) is 0 Å². The van der Waals surface area contributed by atoms with Crippen molar-refractivity contribution < 1.29 is 32.3 Å². The molecule has 1 fully saturated rings. The largest absolute Gasteiger partial charge is 0.493 e. The van der Waals surface area contributed by atoms with Gasteiger partial charge < -0.3 is 19.5 Å². The molecular formula is C19H20ClN3O8S. The summed E-state index contributed by atoms with van der Waals surface area (Å²) in [5, 5.41) is 13.9. The maximum atomic E-state index is 13.0. The van der Waals surface area contributed by atoms with Gasteiger partial charge in [-0.15, -0.1) is 0 Å². The number of carbonyl (C=O) groups excluding carboxylic acids is 1. The highest BCUT2D eigenvalue weighted by atomic mass is 35.5. The third kappa shape index (κ3) is 4.78. The van der Waals surface area contributed by atoms with Gasteiger partial charge in [0, 0.05) is 24.8 Å². The molecule has 0 aliphatic carbocycles. The Balaban J connectivity index is 1.95. The Morgan fingerprint density at radius 3 is 2.38 bits per heavy atom. The molecule has 172 valence electrons. The van der Waals surface area contributed by atoms with Gasteiger partial charge in [0.25, 0.3) is 11.6 Å². The molecule has 1 amide bonds. The lowest BCUT2D eigenvalue weighted by atomic mass is 10.1. The van der Waals surface area contributed by atoms with E-state index < -0.39 is 26.5 Å². The van der Waals surface area contributed by atoms with Crippen LogP contribution in [-0.4, -0.2) is 64.1 Å². The van der Waals surface area contributed by atoms with Crippen LogP contribution in [0.1, 0.15) is 10.4 Å². The Bertz CT molecular complexity index is 1150. The van der Waals surface area contributed by atoms with Crippen LogP contribution in [0, 0.1) is 10.1 Å². The Morgan fingerprint density at radius 2 is 1.78 bits per heavy atom. The summed E-state index contributed by atoms with van der Waals surface area (Å²) in [6, 6.07) is 6.17. The van der Waals surface area contributed by atoms with Crippen molar-refractivity contribution in [1.82, 2.24) is 4.31 Å². The van der Waals surface area contributed by atoms with Crippen molar-refractivity contribution in [2.45, 2.75) is 4.90 Å². The number of ether oxygens (including phenoxy) is 3. The molecule has 1 aliphatic rings. The van der Waals surface area contributed by atoms with Gasteiger partial charge in [-0.25, -0.2) is 8.42 Å². The van der Waals surface area contributed by atoms with E-state index in [2.05, 4.69) is 5.32 Å². The molecule has 2 aromatic rings. The molecule has 0 radical (unpaired) electrons. The lowest BCUT2D eigenvalue weighted by Crippen LogP contribution is -2.40. The summed E-state index contributed by atoms with van der Waals surface area (Å²) >= 11 is 6.12. The monoisotopic (exact) mass is 485 g/mol. The number of sulfonamides is 1. The number of nitro groups is 1. The van der Waals surface area contributed by atoms with Crippen LogP contribution < -0.4 is 14.8 Å². The van der Waals surface area contributed by atoms with Crippen molar-refractivity contribution in [3.8, 4) is 11.5 Å². The molecule has 13 heteroatoms. The maximum Gasteiger partial charge on any atom is 0.286 e. The van der Waals surface area contributed by atoms with E-state index in [-0.39, 0.29) is 59.0 Å². The van der Waals surface area contributed by atoms with E-state index in [9.17, 15) is 23.3 Å². The molecule has 1 saturated heterocycles. The number of hydrogen-bond acceptors (Lipinski definition) is 8. The SMILES string of the molecule is COc1cc(C(=O)Nc2ccc(Cl)c(S(=O)(=O)N3CCOCC3)c2)c([N+](=O)[O-])cc1OC. The fourth-order valence-electron chi connectivity index (χ4n) is 3.10. The first-order valence-corrected chi connectivity index (χ1v) is 11.1. The summed E-state index contributed by atoms with van der Waals surface area (Å²) in [6.45, 7) is 0.868. The van der Waals surface area contributed by atoms with Gasteiger partial charge in [-0.2, -0.15) is 4.31 Å². The summed E-state index contributed by atoms with van der Waals surface area (Å²) in [4.78, 5) is 23.4. The quantitative estimate of drug-likeness (QED) is 0.466. The van der Waals surface area contributed by atoms with Crippen LogP contribution in [0.25, 0.3) is 0 Å². The molecule has 1 heterocycles. The van der Waals surface area contributed by atoms with Crippen molar-refractivity contribution >= 4 is 38.9 Å². The van der Waals surface area contributed by atoms with Crippen LogP contribution in [0.15, 0.2) is 35.2 Å². The zero-order valence-electron chi connectivity index (χ0n) is 17.2. The second-order valence-electron chi connectivity index (χ2n) is 6.60. The van der Waals surface area contributed by atoms with E-state index in [4.69, 9.17) is 25.8 Å². The highest BCUT2D eigenvalue weighted by molar-refractivity contribution is 7.89. The van der Waals surface area contributed by atoms with Crippen LogP contribution in [-0.2, 0) is 14.8 Å². The molecule has 0 unspecified atom stereocenters. The van der Waals surface area contributed by atoms with Crippen molar-refractivity contribution in [1.29, 1.82) is 0 Å². The standard InChI is InChI=1S/C19H20ClN3O8S/c1-29-16-10-13(15(23(25)26)11-17(16)30-2)19(24)21-12-3-4-14(20)18(9-12)32(27,28)22-5-7-31-8-6-22/h3-4,9-11H,5-8H2,1-2H3,(H,21,24). The molecular weight excluding hydrogens is 466 g/mol. The number of benzene rings is 2. The lowest BCUT2D eigenvalue weighted by Gasteiger charge is -2.26. The van der Waals surface area contributed by atoms with E-state index >= 15 is 0 Å². The number of anilines is 1. The van der Waals surface area contributed by atoms with E-state index in [1.807, 2.05) is 0 Å². The molecule has 0 aromatic heterocycles.